The van der Waals surface area contributed by atoms with Crippen LogP contribution >= 0.6 is 0 Å². The minimum absolute atomic E-state index is 0.128. The normalized spacial score (nSPS) is 14.6. The molecule has 0 saturated heterocycles. The summed E-state index contributed by atoms with van der Waals surface area (Å²) in [5, 5.41) is 7.81. The monoisotopic (exact) mass is 227 g/mol. The molecule has 2 N–H and O–H groups in total. The fourth-order valence-electron chi connectivity index (χ4n) is 1.80. The molecule has 0 atom stereocenters. The number of carbonyl (C=O) groups excluding carboxylic acids is 1. The predicted molar refractivity (Wildman–Crippen MR) is 66.9 cm³/mol. The van der Waals surface area contributed by atoms with E-state index in [-0.39, 0.29) is 6.03 Å². The van der Waals surface area contributed by atoms with Crippen molar-refractivity contribution in [2.24, 2.45) is 0 Å². The summed E-state index contributed by atoms with van der Waals surface area (Å²) in [5.74, 6) is 0. The van der Waals surface area contributed by atoms with Gasteiger partial charge >= 0.3 is 6.03 Å². The van der Waals surface area contributed by atoms with E-state index in [2.05, 4.69) is 15.6 Å². The molecule has 3 rings (SSSR count). The average Bonchev–Trinajstić information content (AvgIpc) is 3.13. The number of fused-ring (bicyclic) bond motifs is 1. The first-order chi connectivity index (χ1) is 8.33. The zero-order valence-electron chi connectivity index (χ0n) is 9.31. The number of rotatable bonds is 2. The smallest absolute Gasteiger partial charge is 0.319 e. The number of aromatic nitrogens is 1. The molecule has 2 aromatic rings. The first-order valence-electron chi connectivity index (χ1n) is 5.73. The van der Waals surface area contributed by atoms with Gasteiger partial charge in [-0.2, -0.15) is 0 Å². The average molecular weight is 227 g/mol. The van der Waals surface area contributed by atoms with Crippen LogP contribution in [0.2, 0.25) is 0 Å². The van der Waals surface area contributed by atoms with E-state index in [4.69, 9.17) is 0 Å². The number of pyridine rings is 1. The van der Waals surface area contributed by atoms with Gasteiger partial charge in [-0.15, -0.1) is 0 Å². The Morgan fingerprint density at radius 2 is 2.18 bits per heavy atom. The summed E-state index contributed by atoms with van der Waals surface area (Å²) < 4.78 is 0. The van der Waals surface area contributed by atoms with Crippen molar-refractivity contribution in [1.82, 2.24) is 10.3 Å². The summed E-state index contributed by atoms with van der Waals surface area (Å²) in [6.07, 6.45) is 5.70. The maximum absolute atomic E-state index is 11.7. The second-order valence-electron chi connectivity index (χ2n) is 4.28. The van der Waals surface area contributed by atoms with Crippen molar-refractivity contribution < 1.29 is 4.79 Å². The summed E-state index contributed by atoms with van der Waals surface area (Å²) in [6, 6.07) is 7.93. The van der Waals surface area contributed by atoms with Crippen LogP contribution in [0.1, 0.15) is 12.8 Å². The highest BCUT2D eigenvalue weighted by atomic mass is 16.2. The number of hydrogen-bond donors (Lipinski definition) is 2. The molecule has 1 aromatic heterocycles. The lowest BCUT2D eigenvalue weighted by Crippen LogP contribution is -2.30. The molecule has 86 valence electrons. The largest absolute Gasteiger partial charge is 0.335 e. The summed E-state index contributed by atoms with van der Waals surface area (Å²) in [4.78, 5) is 15.7. The zero-order valence-corrected chi connectivity index (χ0v) is 9.31. The Balaban J connectivity index is 1.86. The van der Waals surface area contributed by atoms with Crippen molar-refractivity contribution in [3.05, 3.63) is 36.7 Å². The number of nitrogens with zero attached hydrogens (tertiary/aromatic N) is 1. The van der Waals surface area contributed by atoms with Crippen LogP contribution < -0.4 is 10.6 Å². The number of hydrogen-bond acceptors (Lipinski definition) is 2. The highest BCUT2D eigenvalue weighted by molar-refractivity contribution is 6.01. The maximum atomic E-state index is 11.7. The third kappa shape index (κ3) is 2.20. The van der Waals surface area contributed by atoms with Crippen LogP contribution in [0.15, 0.2) is 36.7 Å². The third-order valence-electron chi connectivity index (χ3n) is 2.84. The van der Waals surface area contributed by atoms with Gasteiger partial charge in [0.05, 0.1) is 5.69 Å². The Morgan fingerprint density at radius 1 is 1.29 bits per heavy atom. The minimum atomic E-state index is -0.128. The molecule has 0 bridgehead atoms. The Hall–Kier alpha value is -2.10. The second kappa shape index (κ2) is 4.05. The van der Waals surface area contributed by atoms with E-state index in [9.17, 15) is 4.79 Å². The fraction of sp³-hybridized carbons (Fsp3) is 0.231. The number of amides is 2. The molecule has 1 aromatic carbocycles. The lowest BCUT2D eigenvalue weighted by Gasteiger charge is -2.09. The minimum Gasteiger partial charge on any atom is -0.335 e. The topological polar surface area (TPSA) is 54.0 Å². The van der Waals surface area contributed by atoms with Crippen molar-refractivity contribution >= 4 is 22.5 Å². The van der Waals surface area contributed by atoms with Crippen LogP contribution in [0.3, 0.4) is 0 Å². The van der Waals surface area contributed by atoms with E-state index in [0.717, 1.165) is 29.3 Å². The van der Waals surface area contributed by atoms with Gasteiger partial charge in [-0.3, -0.25) is 4.98 Å². The quantitative estimate of drug-likeness (QED) is 0.828. The lowest BCUT2D eigenvalue weighted by atomic mass is 10.1. The van der Waals surface area contributed by atoms with Crippen molar-refractivity contribution in [1.29, 1.82) is 0 Å². The fourth-order valence-corrected chi connectivity index (χ4v) is 1.80. The summed E-state index contributed by atoms with van der Waals surface area (Å²) >= 11 is 0. The molecule has 17 heavy (non-hydrogen) atoms. The molecule has 1 fully saturated rings. The maximum Gasteiger partial charge on any atom is 0.319 e. The van der Waals surface area contributed by atoms with Gasteiger partial charge in [-0.1, -0.05) is 12.1 Å². The van der Waals surface area contributed by atoms with Crippen LogP contribution in [-0.4, -0.2) is 17.1 Å². The molecule has 0 spiro atoms. The van der Waals surface area contributed by atoms with Crippen LogP contribution in [-0.2, 0) is 0 Å². The SMILES string of the molecule is O=C(Nc1cccc2cnccc12)NC1CC1. The summed E-state index contributed by atoms with van der Waals surface area (Å²) in [5.41, 5.74) is 0.822. The lowest BCUT2D eigenvalue weighted by molar-refractivity contribution is 0.252. The molecule has 1 heterocycles. The van der Waals surface area contributed by atoms with Crippen molar-refractivity contribution in [3.8, 4) is 0 Å². The van der Waals surface area contributed by atoms with Crippen LogP contribution in [0.5, 0.6) is 0 Å². The Morgan fingerprint density at radius 3 is 3.00 bits per heavy atom. The van der Waals surface area contributed by atoms with Gasteiger partial charge in [0, 0.05) is 29.2 Å². The first-order valence-corrected chi connectivity index (χ1v) is 5.73. The molecular weight excluding hydrogens is 214 g/mol. The molecular formula is C13H13N3O. The van der Waals surface area contributed by atoms with Gasteiger partial charge in [0.2, 0.25) is 0 Å². The zero-order chi connectivity index (χ0) is 11.7. The van der Waals surface area contributed by atoms with Crippen LogP contribution in [0, 0.1) is 0 Å². The van der Waals surface area contributed by atoms with Gasteiger partial charge in [0.25, 0.3) is 0 Å². The number of urea groups is 1. The Kier molecular flexibility index (Phi) is 2.40. The standard InChI is InChI=1S/C13H13N3O/c17-13(15-10-4-5-10)16-12-3-1-2-9-8-14-7-6-11(9)12/h1-3,6-8,10H,4-5H2,(H2,15,16,17). The van der Waals surface area contributed by atoms with Crippen molar-refractivity contribution in [2.45, 2.75) is 18.9 Å². The van der Waals surface area contributed by atoms with Gasteiger partial charge in [0.1, 0.15) is 0 Å². The van der Waals surface area contributed by atoms with E-state index in [1.54, 1.807) is 12.4 Å². The van der Waals surface area contributed by atoms with E-state index in [1.165, 1.54) is 0 Å². The van der Waals surface area contributed by atoms with Crippen molar-refractivity contribution in [3.63, 3.8) is 0 Å². The Labute approximate surface area is 99.0 Å². The predicted octanol–water partition coefficient (Wildman–Crippen LogP) is 2.52. The molecule has 0 aliphatic heterocycles. The molecule has 4 nitrogen and oxygen atoms in total. The molecule has 2 amide bonds. The van der Waals surface area contributed by atoms with E-state index >= 15 is 0 Å². The number of anilines is 1. The van der Waals surface area contributed by atoms with Crippen LogP contribution in [0.4, 0.5) is 10.5 Å². The summed E-state index contributed by atoms with van der Waals surface area (Å²) in [7, 11) is 0. The van der Waals surface area contributed by atoms with Crippen molar-refractivity contribution in [2.75, 3.05) is 5.32 Å². The summed E-state index contributed by atoms with van der Waals surface area (Å²) in [6.45, 7) is 0. The molecule has 0 radical (unpaired) electrons. The van der Waals surface area contributed by atoms with E-state index < -0.39 is 0 Å². The molecule has 1 saturated carbocycles. The second-order valence-corrected chi connectivity index (χ2v) is 4.28. The molecule has 0 unspecified atom stereocenters. The van der Waals surface area contributed by atoms with Gasteiger partial charge in [-0.05, 0) is 25.0 Å². The van der Waals surface area contributed by atoms with Crippen LogP contribution in [0.25, 0.3) is 10.8 Å². The third-order valence-corrected chi connectivity index (χ3v) is 2.84. The van der Waals surface area contributed by atoms with Gasteiger partial charge in [0.15, 0.2) is 0 Å². The highest BCUT2D eigenvalue weighted by Gasteiger charge is 2.23. The molecule has 4 heteroatoms. The molecule has 1 aliphatic carbocycles. The van der Waals surface area contributed by atoms with E-state index in [0.29, 0.717) is 6.04 Å². The van der Waals surface area contributed by atoms with Gasteiger partial charge in [-0.25, -0.2) is 4.79 Å². The van der Waals surface area contributed by atoms with Gasteiger partial charge < -0.3 is 10.6 Å². The first kappa shape index (κ1) is 10.1. The number of nitrogens with one attached hydrogen (secondary N) is 2. The molecule has 1 aliphatic rings. The Bertz CT molecular complexity index is 558. The number of benzene rings is 1. The highest BCUT2D eigenvalue weighted by Crippen LogP contribution is 2.23. The number of carbonyl (C=O) groups is 1. The van der Waals surface area contributed by atoms with E-state index in [1.807, 2.05) is 24.3 Å².